The number of H-pyrrole nitrogens is 1. The molecule has 2 fully saturated rings. The number of halogens is 2. The van der Waals surface area contributed by atoms with Crippen LogP contribution in [0.25, 0.3) is 0 Å². The first-order chi connectivity index (χ1) is 20.7. The van der Waals surface area contributed by atoms with Crippen molar-refractivity contribution in [3.63, 3.8) is 0 Å². The standard InChI is InChI=1S/C31H38F2N6O3S/c1-37-11-13-38(14-12-37)24-7-8-26(29(18-24)34-23-5-3-2-4-6-23)31(40)19-30-27-20-39(10-9-28(27)35-36-30)43(41,42)25-16-21(32)15-22(33)17-25/h7-8,15-18,23,34H,2-6,9-14,19-20H2,1H3,(H,35,36). The molecule has 9 nitrogen and oxygen atoms in total. The van der Waals surface area contributed by atoms with Crippen LogP contribution in [0.1, 0.15) is 59.4 Å². The molecule has 1 aromatic heterocycles. The number of carbonyl (C=O) groups is 1. The predicted molar refractivity (Wildman–Crippen MR) is 161 cm³/mol. The molecule has 43 heavy (non-hydrogen) atoms. The second kappa shape index (κ2) is 12.3. The Morgan fingerprint density at radius 1 is 1.00 bits per heavy atom. The van der Waals surface area contributed by atoms with Crippen molar-refractivity contribution in [3.05, 3.63) is 70.5 Å². The molecule has 6 rings (SSSR count). The highest BCUT2D eigenvalue weighted by atomic mass is 32.2. The molecule has 1 aliphatic carbocycles. The number of Topliss-reactive ketones (excluding diaryl/α,β-unsaturated/α-hetero) is 1. The maximum Gasteiger partial charge on any atom is 0.243 e. The van der Waals surface area contributed by atoms with Gasteiger partial charge >= 0.3 is 0 Å². The Balaban J connectivity index is 1.24. The Kier molecular flexibility index (Phi) is 8.52. The Morgan fingerprint density at radius 3 is 2.44 bits per heavy atom. The third-order valence-corrected chi connectivity index (χ3v) is 10.7. The van der Waals surface area contributed by atoms with Crippen LogP contribution in [0, 0.1) is 11.6 Å². The number of fused-ring (bicyclic) bond motifs is 1. The first kappa shape index (κ1) is 29.7. The summed E-state index contributed by atoms with van der Waals surface area (Å²) in [4.78, 5) is 18.1. The van der Waals surface area contributed by atoms with Crippen molar-refractivity contribution in [1.29, 1.82) is 0 Å². The number of likely N-dealkylation sites (N-methyl/N-ethyl adjacent to an activating group) is 1. The molecule has 1 saturated carbocycles. The first-order valence-electron chi connectivity index (χ1n) is 15.1. The summed E-state index contributed by atoms with van der Waals surface area (Å²) in [7, 11) is -2.03. The fourth-order valence-electron chi connectivity index (χ4n) is 6.38. The van der Waals surface area contributed by atoms with Gasteiger partial charge in [-0.1, -0.05) is 19.3 Å². The summed E-state index contributed by atoms with van der Waals surface area (Å²) in [5, 5.41) is 11.1. The van der Waals surface area contributed by atoms with Crippen molar-refractivity contribution < 1.29 is 22.0 Å². The quantitative estimate of drug-likeness (QED) is 0.365. The van der Waals surface area contributed by atoms with Gasteiger partial charge in [0.2, 0.25) is 10.0 Å². The zero-order chi connectivity index (χ0) is 30.1. The molecule has 0 amide bonds. The molecular formula is C31H38F2N6O3S. The number of hydrogen-bond donors (Lipinski definition) is 2. The van der Waals surface area contributed by atoms with Crippen LogP contribution in [0.2, 0.25) is 0 Å². The minimum atomic E-state index is -4.16. The lowest BCUT2D eigenvalue weighted by Gasteiger charge is -2.34. The van der Waals surface area contributed by atoms with Crippen LogP contribution in [0.4, 0.5) is 20.2 Å². The molecule has 1 saturated heterocycles. The van der Waals surface area contributed by atoms with Crippen LogP contribution in [0.3, 0.4) is 0 Å². The second-order valence-corrected chi connectivity index (χ2v) is 13.9. The van der Waals surface area contributed by atoms with Crippen LogP contribution >= 0.6 is 0 Å². The lowest BCUT2D eigenvalue weighted by atomic mass is 9.94. The fraction of sp³-hybridized carbons (Fsp3) is 0.484. The highest BCUT2D eigenvalue weighted by molar-refractivity contribution is 7.89. The molecule has 12 heteroatoms. The van der Waals surface area contributed by atoms with E-state index >= 15 is 0 Å². The molecule has 0 bridgehead atoms. The number of aromatic nitrogens is 2. The number of anilines is 2. The maximum absolute atomic E-state index is 13.8. The molecule has 2 aliphatic heterocycles. The Labute approximate surface area is 251 Å². The zero-order valence-corrected chi connectivity index (χ0v) is 25.2. The van der Waals surface area contributed by atoms with Gasteiger partial charge in [0.05, 0.1) is 17.0 Å². The number of sulfonamides is 1. The fourth-order valence-corrected chi connectivity index (χ4v) is 7.83. The van der Waals surface area contributed by atoms with Gasteiger partial charge < -0.3 is 15.1 Å². The van der Waals surface area contributed by atoms with E-state index < -0.39 is 26.6 Å². The molecule has 0 radical (unpaired) electrons. The van der Waals surface area contributed by atoms with Crippen molar-refractivity contribution in [3.8, 4) is 0 Å². The van der Waals surface area contributed by atoms with Gasteiger partial charge in [-0.15, -0.1) is 0 Å². The lowest BCUT2D eigenvalue weighted by molar-refractivity contribution is 0.0992. The molecule has 3 heterocycles. The number of rotatable bonds is 8. The van der Waals surface area contributed by atoms with E-state index in [1.54, 1.807) is 0 Å². The molecule has 2 aromatic carbocycles. The van der Waals surface area contributed by atoms with Crippen LogP contribution in [0.15, 0.2) is 41.3 Å². The van der Waals surface area contributed by atoms with Gasteiger partial charge in [0.1, 0.15) is 11.6 Å². The summed E-state index contributed by atoms with van der Waals surface area (Å²) in [6.07, 6.45) is 6.05. The third kappa shape index (κ3) is 6.46. The van der Waals surface area contributed by atoms with Gasteiger partial charge in [0, 0.05) is 86.0 Å². The second-order valence-electron chi connectivity index (χ2n) is 11.9. The van der Waals surface area contributed by atoms with Crippen LogP contribution < -0.4 is 10.2 Å². The number of benzene rings is 2. The van der Waals surface area contributed by atoms with E-state index in [2.05, 4.69) is 38.4 Å². The highest BCUT2D eigenvalue weighted by Crippen LogP contribution is 2.31. The van der Waals surface area contributed by atoms with E-state index in [4.69, 9.17) is 0 Å². The van der Waals surface area contributed by atoms with E-state index in [-0.39, 0.29) is 25.3 Å². The van der Waals surface area contributed by atoms with Gasteiger partial charge in [-0.3, -0.25) is 9.89 Å². The Morgan fingerprint density at radius 2 is 1.72 bits per heavy atom. The third-order valence-electron chi connectivity index (χ3n) is 8.92. The van der Waals surface area contributed by atoms with E-state index in [9.17, 15) is 22.0 Å². The van der Waals surface area contributed by atoms with Gasteiger partial charge in [0.15, 0.2) is 5.78 Å². The summed E-state index contributed by atoms with van der Waals surface area (Å²) >= 11 is 0. The van der Waals surface area contributed by atoms with Crippen LogP contribution in [-0.4, -0.2) is 79.4 Å². The predicted octanol–water partition coefficient (Wildman–Crippen LogP) is 4.36. The largest absolute Gasteiger partial charge is 0.382 e. The first-order valence-corrected chi connectivity index (χ1v) is 16.5. The lowest BCUT2D eigenvalue weighted by Crippen LogP contribution is -2.44. The smallest absolute Gasteiger partial charge is 0.243 e. The van der Waals surface area contributed by atoms with Crippen molar-refractivity contribution >= 4 is 27.2 Å². The number of piperazine rings is 1. The van der Waals surface area contributed by atoms with Gasteiger partial charge in [-0.05, 0) is 50.2 Å². The summed E-state index contributed by atoms with van der Waals surface area (Å²) in [5.74, 6) is -2.02. The summed E-state index contributed by atoms with van der Waals surface area (Å²) < 4.78 is 55.4. The number of nitrogens with zero attached hydrogens (tertiary/aromatic N) is 4. The van der Waals surface area contributed by atoms with Gasteiger partial charge in [0.25, 0.3) is 0 Å². The minimum absolute atomic E-state index is 0.00150. The SMILES string of the molecule is CN1CCN(c2ccc(C(=O)Cc3n[nH]c4c3CN(S(=O)(=O)c3cc(F)cc(F)c3)CC4)c(NC3CCCCC3)c2)CC1. The number of hydrogen-bond acceptors (Lipinski definition) is 7. The summed E-state index contributed by atoms with van der Waals surface area (Å²) in [5.41, 5.74) is 4.40. The molecule has 230 valence electrons. The number of ketones is 1. The molecule has 2 N–H and O–H groups in total. The molecular weight excluding hydrogens is 574 g/mol. The maximum atomic E-state index is 13.8. The Hall–Kier alpha value is -3.35. The average Bonchev–Trinajstić information content (AvgIpc) is 3.39. The molecule has 3 aliphatic rings. The molecule has 0 spiro atoms. The highest BCUT2D eigenvalue weighted by Gasteiger charge is 2.32. The topological polar surface area (TPSA) is 102 Å². The van der Waals surface area contributed by atoms with E-state index in [0.29, 0.717) is 35.3 Å². The van der Waals surface area contributed by atoms with Gasteiger partial charge in [-0.25, -0.2) is 17.2 Å². The monoisotopic (exact) mass is 612 g/mol. The molecule has 3 aromatic rings. The average molecular weight is 613 g/mol. The number of carbonyl (C=O) groups excluding carboxylic acids is 1. The van der Waals surface area contributed by atoms with Crippen molar-refractivity contribution in [1.82, 2.24) is 19.4 Å². The summed E-state index contributed by atoms with van der Waals surface area (Å²) in [6, 6.07) is 8.60. The molecule has 0 atom stereocenters. The number of aromatic amines is 1. The van der Waals surface area contributed by atoms with Crippen molar-refractivity contribution in [2.45, 2.75) is 62.4 Å². The van der Waals surface area contributed by atoms with E-state index in [1.807, 2.05) is 12.1 Å². The zero-order valence-electron chi connectivity index (χ0n) is 24.4. The van der Waals surface area contributed by atoms with Crippen LogP contribution in [0.5, 0.6) is 0 Å². The Bertz CT molecular complexity index is 1580. The van der Waals surface area contributed by atoms with Crippen molar-refractivity contribution in [2.24, 2.45) is 0 Å². The minimum Gasteiger partial charge on any atom is -0.382 e. The molecule has 0 unspecified atom stereocenters. The van der Waals surface area contributed by atoms with E-state index in [1.165, 1.54) is 23.6 Å². The van der Waals surface area contributed by atoms with Crippen molar-refractivity contribution in [2.75, 3.05) is 50.0 Å². The normalized spacial score (nSPS) is 18.9. The number of nitrogens with one attached hydrogen (secondary N) is 2. The van der Waals surface area contributed by atoms with Gasteiger partial charge in [-0.2, -0.15) is 9.40 Å². The van der Waals surface area contributed by atoms with E-state index in [0.717, 1.165) is 68.2 Å². The summed E-state index contributed by atoms with van der Waals surface area (Å²) in [6.45, 7) is 3.91. The van der Waals surface area contributed by atoms with Crippen LogP contribution in [-0.2, 0) is 29.4 Å².